The number of fused-ring (bicyclic) bond motifs is 2. The Balaban J connectivity index is 0.984. The van der Waals surface area contributed by atoms with Crippen molar-refractivity contribution in [3.63, 3.8) is 0 Å². The predicted molar refractivity (Wildman–Crippen MR) is 143 cm³/mol. The van der Waals surface area contributed by atoms with Crippen LogP contribution in [0.5, 0.6) is 0 Å². The summed E-state index contributed by atoms with van der Waals surface area (Å²) in [7, 11) is 0. The average molecular weight is 521 g/mol. The van der Waals surface area contributed by atoms with Crippen LogP contribution in [0.2, 0.25) is 0 Å². The Bertz CT molecular complexity index is 1440. The zero-order valence-corrected chi connectivity index (χ0v) is 22.0. The van der Waals surface area contributed by atoms with Gasteiger partial charge in [0.1, 0.15) is 36.0 Å². The van der Waals surface area contributed by atoms with Crippen molar-refractivity contribution in [3.8, 4) is 0 Å². The lowest BCUT2D eigenvalue weighted by Gasteiger charge is -2.36. The van der Waals surface area contributed by atoms with E-state index < -0.39 is 24.5 Å². The third-order valence-corrected chi connectivity index (χ3v) is 8.03. The van der Waals surface area contributed by atoms with Gasteiger partial charge in [-0.15, -0.1) is 0 Å². The van der Waals surface area contributed by atoms with Crippen LogP contribution >= 0.6 is 0 Å². The van der Waals surface area contributed by atoms with Crippen LogP contribution in [0.1, 0.15) is 57.6 Å². The van der Waals surface area contributed by atoms with Gasteiger partial charge in [-0.3, -0.25) is 4.57 Å². The molecule has 2 aliphatic rings. The number of nitrogens with two attached hydrogens (primary N) is 1. The molecule has 11 heteroatoms. The molecule has 0 unspecified atom stereocenters. The molecular formula is C27H36N8O3. The largest absolute Gasteiger partial charge is 0.387 e. The Morgan fingerprint density at radius 2 is 1.97 bits per heavy atom. The number of imidazole rings is 2. The molecular weight excluding hydrogens is 484 g/mol. The van der Waals surface area contributed by atoms with Crippen molar-refractivity contribution in [1.82, 2.24) is 34.8 Å². The van der Waals surface area contributed by atoms with Crippen molar-refractivity contribution in [2.24, 2.45) is 5.92 Å². The fourth-order valence-corrected chi connectivity index (χ4v) is 5.59. The molecule has 1 aliphatic carbocycles. The number of aliphatic hydroxyl groups is 2. The smallest absolute Gasteiger partial charge is 0.167 e. The van der Waals surface area contributed by atoms with E-state index >= 15 is 0 Å². The normalized spacial score (nSPS) is 27.8. The maximum absolute atomic E-state index is 10.7. The van der Waals surface area contributed by atoms with E-state index in [2.05, 4.69) is 64.2 Å². The molecule has 1 saturated heterocycles. The lowest BCUT2D eigenvalue weighted by molar-refractivity contribution is -0.0357. The van der Waals surface area contributed by atoms with Crippen molar-refractivity contribution in [1.29, 1.82) is 0 Å². The molecule has 3 aromatic heterocycles. The number of rotatable bonds is 7. The number of aliphatic hydroxyl groups excluding tert-OH is 2. The number of nitrogens with one attached hydrogen (secondary N) is 2. The van der Waals surface area contributed by atoms with Gasteiger partial charge in [-0.25, -0.2) is 19.9 Å². The topological polar surface area (TPSA) is 160 Å². The van der Waals surface area contributed by atoms with E-state index in [1.807, 2.05) is 0 Å². The SMILES string of the molecule is CC(C)(C)c1ccc2nc(CCC3CC(NC[C@H]4O[C@@H](n5cnc6c(N)ncnc65)[C@@H](O)[C@H]4O)C3)[nH]c2c1. The number of aromatic amines is 1. The van der Waals surface area contributed by atoms with E-state index in [4.69, 9.17) is 15.5 Å². The fourth-order valence-electron chi connectivity index (χ4n) is 5.59. The molecule has 0 spiro atoms. The number of nitrogen functional groups attached to an aromatic ring is 1. The Hall–Kier alpha value is -3.12. The Morgan fingerprint density at radius 3 is 2.76 bits per heavy atom. The first-order chi connectivity index (χ1) is 18.2. The number of hydrogen-bond acceptors (Lipinski definition) is 9. The number of benzene rings is 1. The second kappa shape index (κ2) is 9.57. The highest BCUT2D eigenvalue weighted by Crippen LogP contribution is 2.34. The number of aromatic nitrogens is 6. The van der Waals surface area contributed by atoms with Crippen molar-refractivity contribution in [3.05, 3.63) is 42.2 Å². The second-order valence-corrected chi connectivity index (χ2v) is 11.8. The molecule has 6 rings (SSSR count). The molecule has 0 radical (unpaired) electrons. The molecule has 6 N–H and O–H groups in total. The summed E-state index contributed by atoms with van der Waals surface area (Å²) in [6, 6.07) is 6.87. The molecule has 0 bridgehead atoms. The maximum Gasteiger partial charge on any atom is 0.167 e. The minimum absolute atomic E-state index is 0.114. The molecule has 1 aromatic carbocycles. The minimum Gasteiger partial charge on any atom is -0.387 e. The molecule has 11 nitrogen and oxygen atoms in total. The number of H-pyrrole nitrogens is 1. The summed E-state index contributed by atoms with van der Waals surface area (Å²) in [5, 5.41) is 24.8. The third kappa shape index (κ3) is 4.64. The molecule has 1 aliphatic heterocycles. The highest BCUT2D eigenvalue weighted by atomic mass is 16.6. The summed E-state index contributed by atoms with van der Waals surface area (Å²) in [6.07, 6.45) is 3.56. The van der Waals surface area contributed by atoms with Crippen LogP contribution in [0.15, 0.2) is 30.9 Å². The lowest BCUT2D eigenvalue weighted by Crippen LogP contribution is -2.46. The van der Waals surface area contributed by atoms with Crippen LogP contribution in [0.3, 0.4) is 0 Å². The molecule has 4 heterocycles. The summed E-state index contributed by atoms with van der Waals surface area (Å²) in [5.41, 5.74) is 10.3. The monoisotopic (exact) mass is 520 g/mol. The van der Waals surface area contributed by atoms with Crippen LogP contribution in [0, 0.1) is 5.92 Å². The summed E-state index contributed by atoms with van der Waals surface area (Å²) in [6.45, 7) is 7.12. The minimum atomic E-state index is -1.10. The first kappa shape index (κ1) is 25.2. The Labute approximate surface area is 220 Å². The van der Waals surface area contributed by atoms with Gasteiger partial charge >= 0.3 is 0 Å². The first-order valence-corrected chi connectivity index (χ1v) is 13.3. The standard InChI is InChI=1S/C27H36N8O3/c1-27(2,3)15-5-6-17-18(10-15)34-20(33-17)7-4-14-8-16(9-14)29-11-19-22(36)23(37)26(38-19)35-13-32-21-24(28)30-12-31-25(21)35/h5-6,10,12-14,16,19,22-23,26,29,36-37H,4,7-9,11H2,1-3H3,(H,33,34)(H2,28,30,31)/t14?,16?,19-,22+,23+,26-/m1/s1. The van der Waals surface area contributed by atoms with Crippen LogP contribution in [-0.2, 0) is 16.6 Å². The Morgan fingerprint density at radius 1 is 1.16 bits per heavy atom. The molecule has 4 aromatic rings. The van der Waals surface area contributed by atoms with E-state index in [1.54, 1.807) is 4.57 Å². The molecule has 202 valence electrons. The molecule has 1 saturated carbocycles. The third-order valence-electron chi connectivity index (χ3n) is 8.03. The van der Waals surface area contributed by atoms with Gasteiger partial charge in [0.15, 0.2) is 17.7 Å². The quantitative estimate of drug-likeness (QED) is 0.246. The Kier molecular flexibility index (Phi) is 6.34. The van der Waals surface area contributed by atoms with Crippen LogP contribution < -0.4 is 11.1 Å². The van der Waals surface area contributed by atoms with Gasteiger partial charge in [-0.05, 0) is 48.3 Å². The zero-order chi connectivity index (χ0) is 26.6. The van der Waals surface area contributed by atoms with Gasteiger partial charge in [0.2, 0.25) is 0 Å². The van der Waals surface area contributed by atoms with E-state index in [0.29, 0.717) is 29.7 Å². The predicted octanol–water partition coefficient (Wildman–Crippen LogP) is 2.20. The van der Waals surface area contributed by atoms with Gasteiger partial charge in [-0.2, -0.15) is 0 Å². The number of hydrogen-bond donors (Lipinski definition) is 5. The summed E-state index contributed by atoms with van der Waals surface area (Å²) in [5.74, 6) is 1.94. The van der Waals surface area contributed by atoms with E-state index in [9.17, 15) is 10.2 Å². The summed E-state index contributed by atoms with van der Waals surface area (Å²) in [4.78, 5) is 20.7. The number of anilines is 1. The van der Waals surface area contributed by atoms with Crippen molar-refractivity contribution < 1.29 is 14.9 Å². The summed E-state index contributed by atoms with van der Waals surface area (Å²) >= 11 is 0. The van der Waals surface area contributed by atoms with Gasteiger partial charge in [0.25, 0.3) is 0 Å². The molecule has 0 amide bonds. The molecule has 4 atom stereocenters. The van der Waals surface area contributed by atoms with Crippen LogP contribution in [-0.4, -0.2) is 70.6 Å². The highest BCUT2D eigenvalue weighted by molar-refractivity contribution is 5.81. The number of aryl methyl sites for hydroxylation is 1. The van der Waals surface area contributed by atoms with E-state index in [0.717, 1.165) is 42.5 Å². The van der Waals surface area contributed by atoms with E-state index in [-0.39, 0.29) is 11.2 Å². The summed E-state index contributed by atoms with van der Waals surface area (Å²) < 4.78 is 7.63. The van der Waals surface area contributed by atoms with Crippen LogP contribution in [0.4, 0.5) is 5.82 Å². The molecule has 38 heavy (non-hydrogen) atoms. The van der Waals surface area contributed by atoms with Crippen molar-refractivity contribution in [2.75, 3.05) is 12.3 Å². The van der Waals surface area contributed by atoms with Gasteiger partial charge in [-0.1, -0.05) is 26.8 Å². The van der Waals surface area contributed by atoms with Crippen LogP contribution in [0.25, 0.3) is 22.2 Å². The zero-order valence-electron chi connectivity index (χ0n) is 22.0. The van der Waals surface area contributed by atoms with Gasteiger partial charge in [0.05, 0.1) is 17.4 Å². The van der Waals surface area contributed by atoms with Gasteiger partial charge < -0.3 is 31.0 Å². The second-order valence-electron chi connectivity index (χ2n) is 11.8. The lowest BCUT2D eigenvalue weighted by atomic mass is 9.77. The van der Waals surface area contributed by atoms with Gasteiger partial charge in [0, 0.05) is 19.0 Å². The average Bonchev–Trinajstić information content (AvgIpc) is 3.54. The number of ether oxygens (including phenoxy) is 1. The van der Waals surface area contributed by atoms with E-state index in [1.165, 1.54) is 18.2 Å². The fraction of sp³-hybridized carbons (Fsp3) is 0.556. The van der Waals surface area contributed by atoms with Crippen molar-refractivity contribution >= 4 is 28.0 Å². The highest BCUT2D eigenvalue weighted by Gasteiger charge is 2.44. The van der Waals surface area contributed by atoms with Crippen molar-refractivity contribution in [2.45, 2.75) is 82.5 Å². The first-order valence-electron chi connectivity index (χ1n) is 13.3. The maximum atomic E-state index is 10.7. The molecule has 2 fully saturated rings. The number of nitrogens with zero attached hydrogens (tertiary/aromatic N) is 5.